The van der Waals surface area contributed by atoms with Crippen LogP contribution >= 0.6 is 0 Å². The van der Waals surface area contributed by atoms with Crippen molar-refractivity contribution in [1.82, 2.24) is 0 Å². The van der Waals surface area contributed by atoms with Crippen LogP contribution in [0.15, 0.2) is 36.5 Å². The summed E-state index contributed by atoms with van der Waals surface area (Å²) in [6.45, 7) is 6.10. The van der Waals surface area contributed by atoms with Gasteiger partial charge in [-0.1, -0.05) is 88.8 Å². The van der Waals surface area contributed by atoms with Gasteiger partial charge in [0.1, 0.15) is 0 Å². The third-order valence-electron chi connectivity index (χ3n) is 2.95. The van der Waals surface area contributed by atoms with Gasteiger partial charge in [0.25, 0.3) is 0 Å². The molecule has 0 amide bonds. The van der Waals surface area contributed by atoms with Crippen LogP contribution in [0.25, 0.3) is 0 Å². The van der Waals surface area contributed by atoms with Crippen molar-refractivity contribution in [3.63, 3.8) is 0 Å². The fourth-order valence-corrected chi connectivity index (χ4v) is 1.78. The van der Waals surface area contributed by atoms with Crippen LogP contribution < -0.4 is 0 Å². The second-order valence-corrected chi connectivity index (χ2v) is 4.79. The number of unbranched alkanes of at least 4 members (excludes halogenated alkanes) is 8. The van der Waals surface area contributed by atoms with Crippen LogP contribution in [0.3, 0.4) is 0 Å². The maximum atomic E-state index is 3.86. The van der Waals surface area contributed by atoms with Crippen LogP contribution in [0.2, 0.25) is 0 Å². The smallest absolute Gasteiger partial charge is 0.0348 e. The number of hydrogen-bond donors (Lipinski definition) is 0. The molecule has 0 nitrogen and oxygen atoms in total. The van der Waals surface area contributed by atoms with Gasteiger partial charge in [-0.3, -0.25) is 0 Å². The standard InChI is InChI=1S/C18H31/c1-3-5-7-9-11-13-15-17-18-16-14-12-10-8-6-4-2/h12,14-18H,1,3-11,13H2,2H3/b14-12-,17-15+,18-16+. The Kier molecular flexibility index (Phi) is 15.5. The van der Waals surface area contributed by atoms with Crippen molar-refractivity contribution in [1.29, 1.82) is 0 Å². The maximum absolute atomic E-state index is 3.86. The molecule has 103 valence electrons. The van der Waals surface area contributed by atoms with E-state index in [2.05, 4.69) is 50.3 Å². The van der Waals surface area contributed by atoms with Crippen molar-refractivity contribution < 1.29 is 0 Å². The van der Waals surface area contributed by atoms with E-state index in [0.29, 0.717) is 0 Å². The van der Waals surface area contributed by atoms with E-state index >= 15 is 0 Å². The largest absolute Gasteiger partial charge is 0.0845 e. The number of hydrogen-bond acceptors (Lipinski definition) is 0. The van der Waals surface area contributed by atoms with E-state index in [-0.39, 0.29) is 0 Å². The molecule has 18 heavy (non-hydrogen) atoms. The van der Waals surface area contributed by atoms with E-state index in [0.717, 1.165) is 6.42 Å². The Morgan fingerprint density at radius 1 is 0.667 bits per heavy atom. The molecule has 0 aliphatic carbocycles. The van der Waals surface area contributed by atoms with Gasteiger partial charge in [0, 0.05) is 0 Å². The molecule has 0 heterocycles. The lowest BCUT2D eigenvalue weighted by molar-refractivity contribution is 0.651. The molecule has 0 aromatic rings. The lowest BCUT2D eigenvalue weighted by Gasteiger charge is -1.95. The Morgan fingerprint density at radius 3 is 1.78 bits per heavy atom. The van der Waals surface area contributed by atoms with Crippen molar-refractivity contribution in [2.24, 2.45) is 0 Å². The predicted octanol–water partition coefficient (Wildman–Crippen LogP) is 6.41. The fourth-order valence-electron chi connectivity index (χ4n) is 1.78. The topological polar surface area (TPSA) is 0 Å². The molecule has 0 bridgehead atoms. The van der Waals surface area contributed by atoms with Gasteiger partial charge in [0.15, 0.2) is 0 Å². The van der Waals surface area contributed by atoms with Crippen molar-refractivity contribution in [3.8, 4) is 0 Å². The van der Waals surface area contributed by atoms with E-state index in [4.69, 9.17) is 0 Å². The van der Waals surface area contributed by atoms with Gasteiger partial charge in [-0.05, 0) is 25.7 Å². The summed E-state index contributed by atoms with van der Waals surface area (Å²) in [7, 11) is 0. The normalized spacial score (nSPS) is 12.3. The summed E-state index contributed by atoms with van der Waals surface area (Å²) in [4.78, 5) is 0. The zero-order valence-corrected chi connectivity index (χ0v) is 12.2. The maximum Gasteiger partial charge on any atom is -0.0348 e. The molecular formula is C18H31. The fraction of sp³-hybridized carbons (Fsp3) is 0.611. The average molecular weight is 247 g/mol. The Labute approximate surface area is 115 Å². The van der Waals surface area contributed by atoms with Gasteiger partial charge in [-0.15, -0.1) is 0 Å². The van der Waals surface area contributed by atoms with E-state index in [1.807, 2.05) is 0 Å². The van der Waals surface area contributed by atoms with Crippen LogP contribution in [0.5, 0.6) is 0 Å². The quantitative estimate of drug-likeness (QED) is 0.276. The molecule has 0 heteroatoms. The lowest BCUT2D eigenvalue weighted by atomic mass is 10.1. The molecule has 0 aromatic heterocycles. The first-order chi connectivity index (χ1) is 8.91. The zero-order valence-electron chi connectivity index (χ0n) is 12.2. The Bertz CT molecular complexity index is 220. The summed E-state index contributed by atoms with van der Waals surface area (Å²) in [5, 5.41) is 0. The molecule has 0 aliphatic heterocycles. The molecule has 0 rings (SSSR count). The highest BCUT2D eigenvalue weighted by atomic mass is 13.9. The van der Waals surface area contributed by atoms with Gasteiger partial charge in [-0.2, -0.15) is 0 Å². The second kappa shape index (κ2) is 16.2. The molecule has 0 saturated carbocycles. The summed E-state index contributed by atoms with van der Waals surface area (Å²) in [6, 6.07) is 0. The Hall–Kier alpha value is -0.780. The highest BCUT2D eigenvalue weighted by molar-refractivity contribution is 5.10. The molecule has 0 saturated heterocycles. The highest BCUT2D eigenvalue weighted by Crippen LogP contribution is 2.05. The molecule has 0 unspecified atom stereocenters. The minimum Gasteiger partial charge on any atom is -0.0845 e. The molecular weight excluding hydrogens is 216 g/mol. The first kappa shape index (κ1) is 17.2. The lowest BCUT2D eigenvalue weighted by Crippen LogP contribution is -1.75. The highest BCUT2D eigenvalue weighted by Gasteiger charge is 1.85. The van der Waals surface area contributed by atoms with Gasteiger partial charge in [0.2, 0.25) is 0 Å². The third-order valence-corrected chi connectivity index (χ3v) is 2.95. The molecule has 0 fully saturated rings. The molecule has 0 spiro atoms. The number of rotatable bonds is 12. The summed E-state index contributed by atoms with van der Waals surface area (Å²) >= 11 is 0. The predicted molar refractivity (Wildman–Crippen MR) is 84.6 cm³/mol. The number of allylic oxidation sites excluding steroid dienone is 6. The van der Waals surface area contributed by atoms with E-state index in [9.17, 15) is 0 Å². The SMILES string of the molecule is [CH2]CCCCCC/C=C/C=C/C=C\CCCCC. The van der Waals surface area contributed by atoms with E-state index < -0.39 is 0 Å². The van der Waals surface area contributed by atoms with Crippen LogP contribution in [-0.4, -0.2) is 0 Å². The minimum atomic E-state index is 1.09. The molecule has 0 N–H and O–H groups in total. The molecule has 0 aromatic carbocycles. The Balaban J connectivity index is 3.29. The third kappa shape index (κ3) is 15.2. The van der Waals surface area contributed by atoms with Gasteiger partial charge < -0.3 is 0 Å². The molecule has 1 radical (unpaired) electrons. The summed E-state index contributed by atoms with van der Waals surface area (Å²) in [5.74, 6) is 0. The summed E-state index contributed by atoms with van der Waals surface area (Å²) in [5.41, 5.74) is 0. The van der Waals surface area contributed by atoms with Crippen LogP contribution in [-0.2, 0) is 0 Å². The summed E-state index contributed by atoms with van der Waals surface area (Å²) in [6.07, 6.45) is 25.9. The van der Waals surface area contributed by atoms with Gasteiger partial charge in [-0.25, -0.2) is 0 Å². The van der Waals surface area contributed by atoms with Gasteiger partial charge >= 0.3 is 0 Å². The monoisotopic (exact) mass is 247 g/mol. The van der Waals surface area contributed by atoms with Gasteiger partial charge in [0.05, 0.1) is 0 Å². The Morgan fingerprint density at radius 2 is 1.22 bits per heavy atom. The molecule has 0 atom stereocenters. The van der Waals surface area contributed by atoms with E-state index in [1.54, 1.807) is 0 Å². The van der Waals surface area contributed by atoms with Crippen LogP contribution in [0, 0.1) is 6.92 Å². The van der Waals surface area contributed by atoms with Crippen molar-refractivity contribution in [2.75, 3.05) is 0 Å². The first-order valence-corrected chi connectivity index (χ1v) is 7.69. The van der Waals surface area contributed by atoms with Crippen molar-refractivity contribution in [2.45, 2.75) is 71.1 Å². The first-order valence-electron chi connectivity index (χ1n) is 7.69. The van der Waals surface area contributed by atoms with Crippen LogP contribution in [0.1, 0.15) is 71.1 Å². The minimum absolute atomic E-state index is 1.09. The van der Waals surface area contributed by atoms with Crippen molar-refractivity contribution in [3.05, 3.63) is 43.4 Å². The van der Waals surface area contributed by atoms with E-state index in [1.165, 1.54) is 57.8 Å². The second-order valence-electron chi connectivity index (χ2n) is 4.79. The van der Waals surface area contributed by atoms with Crippen LogP contribution in [0.4, 0.5) is 0 Å². The summed E-state index contributed by atoms with van der Waals surface area (Å²) < 4.78 is 0. The molecule has 0 aliphatic rings. The zero-order chi connectivity index (χ0) is 13.3. The van der Waals surface area contributed by atoms with Crippen molar-refractivity contribution >= 4 is 0 Å². The average Bonchev–Trinajstić information content (AvgIpc) is 2.39.